The van der Waals surface area contributed by atoms with Crippen LogP contribution >= 0.6 is 11.8 Å². The fourth-order valence-electron chi connectivity index (χ4n) is 3.59. The summed E-state index contributed by atoms with van der Waals surface area (Å²) >= 11 is 1.77. The van der Waals surface area contributed by atoms with Gasteiger partial charge in [0.05, 0.1) is 6.61 Å². The van der Waals surface area contributed by atoms with Crippen LogP contribution in [0.25, 0.3) is 11.1 Å². The average Bonchev–Trinajstić information content (AvgIpc) is 2.83. The molecular formula is C28H44N2OS. The maximum atomic E-state index is 5.91. The predicted molar refractivity (Wildman–Crippen MR) is 140 cm³/mol. The zero-order chi connectivity index (χ0) is 23.0. The van der Waals surface area contributed by atoms with Crippen molar-refractivity contribution in [2.24, 2.45) is 11.8 Å². The topological polar surface area (TPSA) is 35.0 Å². The molecule has 32 heavy (non-hydrogen) atoms. The lowest BCUT2D eigenvalue weighted by atomic mass is 10.0. The minimum atomic E-state index is 0.798. The van der Waals surface area contributed by atoms with Gasteiger partial charge in [0.15, 0.2) is 5.16 Å². The number of hydrogen-bond acceptors (Lipinski definition) is 4. The van der Waals surface area contributed by atoms with Crippen LogP contribution in [-0.4, -0.2) is 22.3 Å². The third kappa shape index (κ3) is 10.8. The van der Waals surface area contributed by atoms with Gasteiger partial charge in [-0.3, -0.25) is 0 Å². The summed E-state index contributed by atoms with van der Waals surface area (Å²) in [6, 6.07) is 8.30. The molecule has 0 N–H and O–H groups in total. The van der Waals surface area contributed by atoms with E-state index in [-0.39, 0.29) is 0 Å². The molecule has 0 radical (unpaired) electrons. The first-order valence-corrected chi connectivity index (χ1v) is 13.8. The number of hydrogen-bond donors (Lipinski definition) is 0. The molecule has 0 saturated heterocycles. The Bertz CT molecular complexity index is 654. The van der Waals surface area contributed by atoms with Gasteiger partial charge in [0.25, 0.3) is 0 Å². The van der Waals surface area contributed by atoms with Crippen LogP contribution in [-0.2, 0) is 0 Å². The summed E-state index contributed by atoms with van der Waals surface area (Å²) in [5.74, 6) is 3.76. The molecule has 0 spiro atoms. The standard InChI is InChI=1S/C28H44N2OS/c1-5-23(3)13-9-7-11-19-31-27-17-15-25(16-18-27)26-21-29-28(30-22-26)32-20-12-8-10-14-24(4)6-2/h15-18,21-24H,5-14,19-20H2,1-4H3/t23-,24-/m0/s1. The maximum Gasteiger partial charge on any atom is 0.187 e. The van der Waals surface area contributed by atoms with Gasteiger partial charge in [0.1, 0.15) is 5.75 Å². The molecule has 0 aliphatic heterocycles. The number of benzene rings is 1. The van der Waals surface area contributed by atoms with E-state index in [2.05, 4.69) is 61.9 Å². The van der Waals surface area contributed by atoms with E-state index in [4.69, 9.17) is 4.74 Å². The fraction of sp³-hybridized carbons (Fsp3) is 0.643. The second-order valence-corrected chi connectivity index (χ2v) is 10.3. The largest absolute Gasteiger partial charge is 0.494 e. The molecule has 1 heterocycles. The van der Waals surface area contributed by atoms with Crippen LogP contribution in [0.3, 0.4) is 0 Å². The molecule has 3 nitrogen and oxygen atoms in total. The first-order valence-electron chi connectivity index (χ1n) is 12.8. The first-order chi connectivity index (χ1) is 15.6. The molecule has 2 rings (SSSR count). The normalized spacial score (nSPS) is 13.1. The van der Waals surface area contributed by atoms with E-state index in [0.717, 1.165) is 52.6 Å². The Balaban J connectivity index is 1.65. The summed E-state index contributed by atoms with van der Waals surface area (Å²) in [4.78, 5) is 9.11. The number of rotatable bonds is 17. The Kier molecular flexibility index (Phi) is 13.5. The van der Waals surface area contributed by atoms with E-state index in [1.54, 1.807) is 11.8 Å². The first kappa shape index (κ1) is 26.7. The molecule has 4 heteroatoms. The lowest BCUT2D eigenvalue weighted by molar-refractivity contribution is 0.302. The molecule has 0 unspecified atom stereocenters. The van der Waals surface area contributed by atoms with Crippen molar-refractivity contribution >= 4 is 11.8 Å². The van der Waals surface area contributed by atoms with E-state index in [9.17, 15) is 0 Å². The summed E-state index contributed by atoms with van der Waals surface area (Å²) < 4.78 is 5.91. The summed E-state index contributed by atoms with van der Waals surface area (Å²) in [6.45, 7) is 10.0. The Morgan fingerprint density at radius 1 is 0.750 bits per heavy atom. The van der Waals surface area contributed by atoms with Gasteiger partial charge in [-0.1, -0.05) is 103 Å². The summed E-state index contributed by atoms with van der Waals surface area (Å²) in [5.41, 5.74) is 2.19. The highest BCUT2D eigenvalue weighted by molar-refractivity contribution is 7.99. The van der Waals surface area contributed by atoms with Crippen LogP contribution in [0.5, 0.6) is 5.75 Å². The molecule has 0 aliphatic rings. The lowest BCUT2D eigenvalue weighted by Gasteiger charge is -2.09. The molecule has 1 aromatic carbocycles. The molecule has 0 aliphatic carbocycles. The van der Waals surface area contributed by atoms with Crippen molar-refractivity contribution in [3.8, 4) is 16.9 Å². The minimum Gasteiger partial charge on any atom is -0.494 e. The van der Waals surface area contributed by atoms with E-state index < -0.39 is 0 Å². The highest BCUT2D eigenvalue weighted by atomic mass is 32.2. The molecule has 0 saturated carbocycles. The van der Waals surface area contributed by atoms with Crippen LogP contribution < -0.4 is 4.74 Å². The second kappa shape index (κ2) is 16.1. The van der Waals surface area contributed by atoms with Crippen molar-refractivity contribution in [1.29, 1.82) is 0 Å². The zero-order valence-electron chi connectivity index (χ0n) is 20.8. The number of ether oxygens (including phenoxy) is 1. The van der Waals surface area contributed by atoms with Crippen molar-refractivity contribution in [2.45, 2.75) is 97.1 Å². The molecule has 1 aromatic heterocycles. The van der Waals surface area contributed by atoms with Crippen molar-refractivity contribution in [2.75, 3.05) is 12.4 Å². The average molecular weight is 457 g/mol. The van der Waals surface area contributed by atoms with Crippen molar-refractivity contribution < 1.29 is 4.74 Å². The monoisotopic (exact) mass is 456 g/mol. The molecule has 2 aromatic rings. The number of unbranched alkanes of at least 4 members (excludes halogenated alkanes) is 4. The van der Waals surface area contributed by atoms with Crippen molar-refractivity contribution in [3.63, 3.8) is 0 Å². The van der Waals surface area contributed by atoms with Crippen molar-refractivity contribution in [3.05, 3.63) is 36.7 Å². The van der Waals surface area contributed by atoms with Gasteiger partial charge >= 0.3 is 0 Å². The smallest absolute Gasteiger partial charge is 0.187 e. The molecule has 2 atom stereocenters. The van der Waals surface area contributed by atoms with Crippen molar-refractivity contribution in [1.82, 2.24) is 9.97 Å². The number of thioether (sulfide) groups is 1. The quantitative estimate of drug-likeness (QED) is 0.135. The van der Waals surface area contributed by atoms with Crippen LogP contribution in [0.15, 0.2) is 41.8 Å². The molecule has 0 amide bonds. The second-order valence-electron chi connectivity index (χ2n) is 9.20. The number of nitrogens with zero attached hydrogens (tertiary/aromatic N) is 2. The highest BCUT2D eigenvalue weighted by Gasteiger charge is 2.04. The van der Waals surface area contributed by atoms with Gasteiger partial charge in [0.2, 0.25) is 0 Å². The van der Waals surface area contributed by atoms with Gasteiger partial charge in [-0.05, 0) is 42.4 Å². The zero-order valence-corrected chi connectivity index (χ0v) is 21.6. The SMILES string of the molecule is CC[C@H](C)CCCCCOc1ccc(-c2cnc(SCCCCC[C@@H](C)CC)nc2)cc1. The Morgan fingerprint density at radius 3 is 1.94 bits per heavy atom. The van der Waals surface area contributed by atoms with Gasteiger partial charge in [-0.25, -0.2) is 9.97 Å². The van der Waals surface area contributed by atoms with Gasteiger partial charge in [-0.2, -0.15) is 0 Å². The van der Waals surface area contributed by atoms with Crippen LogP contribution in [0.1, 0.15) is 91.9 Å². The summed E-state index contributed by atoms with van der Waals surface area (Å²) in [6.07, 6.45) is 16.7. The predicted octanol–water partition coefficient (Wildman–Crippen LogP) is 8.83. The van der Waals surface area contributed by atoms with E-state index in [1.807, 2.05) is 12.4 Å². The minimum absolute atomic E-state index is 0.798. The molecular weight excluding hydrogens is 412 g/mol. The molecule has 0 fully saturated rings. The van der Waals surface area contributed by atoms with E-state index in [1.165, 1.54) is 57.8 Å². The molecule has 0 bridgehead atoms. The van der Waals surface area contributed by atoms with E-state index >= 15 is 0 Å². The fourth-order valence-corrected chi connectivity index (χ4v) is 4.37. The van der Waals surface area contributed by atoms with Gasteiger partial charge < -0.3 is 4.74 Å². The van der Waals surface area contributed by atoms with Gasteiger partial charge in [0, 0.05) is 23.7 Å². The van der Waals surface area contributed by atoms with Gasteiger partial charge in [-0.15, -0.1) is 0 Å². The molecule has 178 valence electrons. The third-order valence-electron chi connectivity index (χ3n) is 6.39. The summed E-state index contributed by atoms with van der Waals surface area (Å²) in [7, 11) is 0. The Morgan fingerprint density at radius 2 is 1.34 bits per heavy atom. The van der Waals surface area contributed by atoms with Crippen LogP contribution in [0, 0.1) is 11.8 Å². The van der Waals surface area contributed by atoms with E-state index in [0.29, 0.717) is 0 Å². The Hall–Kier alpha value is -1.55. The third-order valence-corrected chi connectivity index (χ3v) is 7.35. The maximum absolute atomic E-state index is 5.91. The summed E-state index contributed by atoms with van der Waals surface area (Å²) in [5, 5.41) is 0.879. The highest BCUT2D eigenvalue weighted by Crippen LogP contribution is 2.23. The lowest BCUT2D eigenvalue weighted by Crippen LogP contribution is -1.98. The van der Waals surface area contributed by atoms with Crippen LogP contribution in [0.4, 0.5) is 0 Å². The number of aromatic nitrogens is 2. The van der Waals surface area contributed by atoms with Crippen LogP contribution in [0.2, 0.25) is 0 Å². The Labute approximate surface area is 201 Å².